The first-order valence-corrected chi connectivity index (χ1v) is 8.31. The fourth-order valence-electron chi connectivity index (χ4n) is 2.58. The van der Waals surface area contributed by atoms with Gasteiger partial charge in [0.1, 0.15) is 0 Å². The summed E-state index contributed by atoms with van der Waals surface area (Å²) in [6.07, 6.45) is 4.09. The zero-order valence-corrected chi connectivity index (χ0v) is 15.0. The van der Waals surface area contributed by atoms with Crippen LogP contribution in [-0.4, -0.2) is 19.1 Å². The standard InChI is InChI=1S/C18H28N2O2.ClH/c1-3-18(4-2,13-19)17(21)20-16-7-5-6-15(10-16)12-22-11-14-8-9-14;/h5-7,10,14H,3-4,8-9,11-13,19H2,1-2H3,(H,20,21);1H. The summed E-state index contributed by atoms with van der Waals surface area (Å²) in [6, 6.07) is 7.87. The highest BCUT2D eigenvalue weighted by Crippen LogP contribution is 2.29. The molecule has 0 radical (unpaired) electrons. The first kappa shape index (κ1) is 19.9. The largest absolute Gasteiger partial charge is 0.376 e. The lowest BCUT2D eigenvalue weighted by Crippen LogP contribution is -2.41. The van der Waals surface area contributed by atoms with Gasteiger partial charge in [-0.15, -0.1) is 12.4 Å². The molecule has 0 bridgehead atoms. The van der Waals surface area contributed by atoms with Gasteiger partial charge in [-0.3, -0.25) is 4.79 Å². The average molecular weight is 341 g/mol. The quantitative estimate of drug-likeness (QED) is 0.719. The summed E-state index contributed by atoms with van der Waals surface area (Å²) < 4.78 is 5.70. The summed E-state index contributed by atoms with van der Waals surface area (Å²) in [7, 11) is 0. The molecule has 0 heterocycles. The normalized spacial score (nSPS) is 14.2. The van der Waals surface area contributed by atoms with E-state index in [2.05, 4.69) is 5.32 Å². The number of rotatable bonds is 9. The third-order valence-corrected chi connectivity index (χ3v) is 4.73. The minimum absolute atomic E-state index is 0. The fraction of sp³-hybridized carbons (Fsp3) is 0.611. The number of carbonyl (C=O) groups is 1. The summed E-state index contributed by atoms with van der Waals surface area (Å²) >= 11 is 0. The highest BCUT2D eigenvalue weighted by Gasteiger charge is 2.33. The molecule has 4 nitrogen and oxygen atoms in total. The topological polar surface area (TPSA) is 64.4 Å². The molecule has 3 N–H and O–H groups in total. The van der Waals surface area contributed by atoms with Crippen molar-refractivity contribution in [2.45, 2.75) is 46.1 Å². The molecule has 0 unspecified atom stereocenters. The number of nitrogens with two attached hydrogens (primary N) is 1. The predicted octanol–water partition coefficient (Wildman–Crippen LogP) is 3.74. The lowest BCUT2D eigenvalue weighted by molar-refractivity contribution is -0.125. The summed E-state index contributed by atoms with van der Waals surface area (Å²) in [5.41, 5.74) is 7.26. The first-order chi connectivity index (χ1) is 10.6. The molecule has 1 amide bonds. The van der Waals surface area contributed by atoms with E-state index < -0.39 is 5.41 Å². The summed E-state index contributed by atoms with van der Waals surface area (Å²) in [5, 5.41) is 3.01. The highest BCUT2D eigenvalue weighted by molar-refractivity contribution is 5.95. The van der Waals surface area contributed by atoms with E-state index in [4.69, 9.17) is 10.5 Å². The molecule has 23 heavy (non-hydrogen) atoms. The van der Waals surface area contributed by atoms with Crippen LogP contribution in [0, 0.1) is 11.3 Å². The van der Waals surface area contributed by atoms with Crippen molar-refractivity contribution in [3.8, 4) is 0 Å². The van der Waals surface area contributed by atoms with Crippen LogP contribution in [0.5, 0.6) is 0 Å². The van der Waals surface area contributed by atoms with Crippen LogP contribution in [0.3, 0.4) is 0 Å². The van der Waals surface area contributed by atoms with Crippen molar-refractivity contribution in [1.29, 1.82) is 0 Å². The Kier molecular flexibility index (Phi) is 8.03. The van der Waals surface area contributed by atoms with Gasteiger partial charge in [-0.2, -0.15) is 0 Å². The second-order valence-corrected chi connectivity index (χ2v) is 6.30. The molecular weight excluding hydrogens is 312 g/mol. The zero-order valence-electron chi connectivity index (χ0n) is 14.1. The maximum Gasteiger partial charge on any atom is 0.231 e. The van der Waals surface area contributed by atoms with Crippen molar-refractivity contribution in [2.24, 2.45) is 17.1 Å². The Hall–Kier alpha value is -1.10. The Balaban J connectivity index is 0.00000264. The lowest BCUT2D eigenvalue weighted by Gasteiger charge is -2.28. The minimum Gasteiger partial charge on any atom is -0.376 e. The van der Waals surface area contributed by atoms with E-state index in [9.17, 15) is 4.79 Å². The van der Waals surface area contributed by atoms with Crippen LogP contribution in [0.25, 0.3) is 0 Å². The van der Waals surface area contributed by atoms with Crippen molar-refractivity contribution in [3.63, 3.8) is 0 Å². The molecule has 1 aliphatic rings. The van der Waals surface area contributed by atoms with Gasteiger partial charge in [0, 0.05) is 18.8 Å². The van der Waals surface area contributed by atoms with Gasteiger partial charge in [0.25, 0.3) is 0 Å². The van der Waals surface area contributed by atoms with Crippen LogP contribution in [-0.2, 0) is 16.1 Å². The van der Waals surface area contributed by atoms with Crippen LogP contribution < -0.4 is 11.1 Å². The van der Waals surface area contributed by atoms with Gasteiger partial charge in [0.15, 0.2) is 0 Å². The number of amides is 1. The van der Waals surface area contributed by atoms with Crippen molar-refractivity contribution >= 4 is 24.0 Å². The molecular formula is C18H29ClN2O2. The number of anilines is 1. The molecule has 1 aromatic rings. The number of nitrogens with one attached hydrogen (secondary N) is 1. The van der Waals surface area contributed by atoms with E-state index >= 15 is 0 Å². The fourth-order valence-corrected chi connectivity index (χ4v) is 2.58. The Morgan fingerprint density at radius 2 is 2.04 bits per heavy atom. The van der Waals surface area contributed by atoms with E-state index in [1.54, 1.807) is 0 Å². The molecule has 0 atom stereocenters. The molecule has 0 spiro atoms. The molecule has 1 aliphatic carbocycles. The molecule has 0 saturated heterocycles. The molecule has 5 heteroatoms. The van der Waals surface area contributed by atoms with Crippen molar-refractivity contribution in [2.75, 3.05) is 18.5 Å². The zero-order chi connectivity index (χ0) is 16.0. The Bertz CT molecular complexity index is 491. The number of benzene rings is 1. The number of hydrogen-bond donors (Lipinski definition) is 2. The number of hydrogen-bond acceptors (Lipinski definition) is 3. The van der Waals surface area contributed by atoms with Crippen LogP contribution in [0.1, 0.15) is 45.1 Å². The van der Waals surface area contributed by atoms with Crippen LogP contribution in [0.2, 0.25) is 0 Å². The summed E-state index contributed by atoms with van der Waals surface area (Å²) in [6.45, 7) is 5.84. The van der Waals surface area contributed by atoms with Gasteiger partial charge in [-0.25, -0.2) is 0 Å². The van der Waals surface area contributed by atoms with E-state index in [-0.39, 0.29) is 18.3 Å². The Labute approximate surface area is 145 Å². The van der Waals surface area contributed by atoms with Crippen LogP contribution >= 0.6 is 12.4 Å². The van der Waals surface area contributed by atoms with Gasteiger partial charge in [0.2, 0.25) is 5.91 Å². The van der Waals surface area contributed by atoms with Gasteiger partial charge < -0.3 is 15.8 Å². The molecule has 0 aliphatic heterocycles. The van der Waals surface area contributed by atoms with Gasteiger partial charge in [0.05, 0.1) is 12.0 Å². The van der Waals surface area contributed by atoms with E-state index in [0.717, 1.165) is 36.6 Å². The molecule has 1 fully saturated rings. The van der Waals surface area contributed by atoms with E-state index in [0.29, 0.717) is 13.2 Å². The third-order valence-electron chi connectivity index (χ3n) is 4.73. The Morgan fingerprint density at radius 1 is 1.35 bits per heavy atom. The van der Waals surface area contributed by atoms with Gasteiger partial charge in [-0.05, 0) is 49.3 Å². The van der Waals surface area contributed by atoms with Crippen molar-refractivity contribution in [1.82, 2.24) is 0 Å². The molecule has 1 saturated carbocycles. The second kappa shape index (κ2) is 9.26. The van der Waals surface area contributed by atoms with E-state index in [1.807, 2.05) is 38.1 Å². The smallest absolute Gasteiger partial charge is 0.231 e. The maximum atomic E-state index is 12.5. The SMILES string of the molecule is CCC(CC)(CN)C(=O)Nc1cccc(COCC2CC2)c1.Cl. The molecule has 2 rings (SSSR count). The maximum absolute atomic E-state index is 12.5. The lowest BCUT2D eigenvalue weighted by atomic mass is 9.81. The first-order valence-electron chi connectivity index (χ1n) is 8.31. The summed E-state index contributed by atoms with van der Waals surface area (Å²) in [4.78, 5) is 12.5. The molecule has 130 valence electrons. The molecule has 1 aromatic carbocycles. The number of ether oxygens (including phenoxy) is 1. The van der Waals surface area contributed by atoms with Crippen LogP contribution in [0.15, 0.2) is 24.3 Å². The third kappa shape index (κ3) is 5.48. The molecule has 0 aromatic heterocycles. The van der Waals surface area contributed by atoms with E-state index in [1.165, 1.54) is 12.8 Å². The minimum atomic E-state index is -0.474. The van der Waals surface area contributed by atoms with Crippen molar-refractivity contribution in [3.05, 3.63) is 29.8 Å². The highest BCUT2D eigenvalue weighted by atomic mass is 35.5. The average Bonchev–Trinajstić information content (AvgIpc) is 3.34. The number of halogens is 1. The monoisotopic (exact) mass is 340 g/mol. The van der Waals surface area contributed by atoms with Crippen molar-refractivity contribution < 1.29 is 9.53 Å². The second-order valence-electron chi connectivity index (χ2n) is 6.30. The Morgan fingerprint density at radius 3 is 2.61 bits per heavy atom. The number of carbonyl (C=O) groups excluding carboxylic acids is 1. The van der Waals surface area contributed by atoms with Crippen LogP contribution in [0.4, 0.5) is 5.69 Å². The predicted molar refractivity (Wildman–Crippen MR) is 96.8 cm³/mol. The van der Waals surface area contributed by atoms with Gasteiger partial charge >= 0.3 is 0 Å². The van der Waals surface area contributed by atoms with Gasteiger partial charge in [-0.1, -0.05) is 26.0 Å². The summed E-state index contributed by atoms with van der Waals surface area (Å²) in [5.74, 6) is 0.776.